The van der Waals surface area contributed by atoms with Crippen molar-refractivity contribution in [2.24, 2.45) is 0 Å². The van der Waals surface area contributed by atoms with E-state index >= 15 is 0 Å². The van der Waals surface area contributed by atoms with Gasteiger partial charge in [0, 0.05) is 15.8 Å². The monoisotopic (exact) mass is 344 g/mol. The molecule has 0 aliphatic carbocycles. The van der Waals surface area contributed by atoms with E-state index in [0.717, 1.165) is 5.56 Å². The molecule has 2 aromatic rings. The lowest BCUT2D eigenvalue weighted by Gasteiger charge is -2.03. The molecule has 0 amide bonds. The number of nitrogens with zero attached hydrogens (tertiary/aromatic N) is 2. The fourth-order valence-corrected chi connectivity index (χ4v) is 5.81. The molecule has 0 N–H and O–H groups in total. The molecule has 1 atom stereocenters. The molecule has 1 aliphatic heterocycles. The summed E-state index contributed by atoms with van der Waals surface area (Å²) in [6, 6.07) is 7.23. The third-order valence-electron chi connectivity index (χ3n) is 3.18. The molecule has 5 nitrogen and oxygen atoms in total. The van der Waals surface area contributed by atoms with Crippen molar-refractivity contribution in [3.63, 3.8) is 0 Å². The van der Waals surface area contributed by atoms with Crippen LogP contribution in [-0.2, 0) is 15.6 Å². The van der Waals surface area contributed by atoms with E-state index in [9.17, 15) is 8.42 Å². The summed E-state index contributed by atoms with van der Waals surface area (Å²) in [5.74, 6) is 2.04. The zero-order chi connectivity index (χ0) is 14.9. The molecule has 0 radical (unpaired) electrons. The van der Waals surface area contributed by atoms with Gasteiger partial charge in [0.2, 0.25) is 11.7 Å². The average Bonchev–Trinajstić information content (AvgIpc) is 3.03. The molecule has 21 heavy (non-hydrogen) atoms. The Kier molecular flexibility index (Phi) is 4.24. The minimum absolute atomic E-state index is 0.122. The Labute approximate surface area is 132 Å². The number of rotatable bonds is 4. The fourth-order valence-electron chi connectivity index (χ4n) is 2.14. The summed E-state index contributed by atoms with van der Waals surface area (Å²) < 4.78 is 28.0. The van der Waals surface area contributed by atoms with Crippen molar-refractivity contribution in [1.29, 1.82) is 0 Å². The second-order valence-electron chi connectivity index (χ2n) is 4.86. The summed E-state index contributed by atoms with van der Waals surface area (Å²) in [5, 5.41) is 4.66. The van der Waals surface area contributed by atoms with Gasteiger partial charge in [-0.05, 0) is 18.6 Å². The van der Waals surface area contributed by atoms with Crippen molar-refractivity contribution in [2.45, 2.75) is 17.4 Å². The number of sulfone groups is 1. The van der Waals surface area contributed by atoms with Gasteiger partial charge in [-0.3, -0.25) is 0 Å². The molecule has 1 unspecified atom stereocenters. The summed E-state index contributed by atoms with van der Waals surface area (Å²) in [7, 11) is -2.84. The lowest BCUT2D eigenvalue weighted by molar-refractivity contribution is 0.391. The largest absolute Gasteiger partial charge is 0.338 e. The Balaban J connectivity index is 1.63. The number of hydrogen-bond donors (Lipinski definition) is 0. The highest BCUT2D eigenvalue weighted by Crippen LogP contribution is 2.27. The van der Waals surface area contributed by atoms with Crippen molar-refractivity contribution in [1.82, 2.24) is 10.1 Å². The molecule has 0 saturated carbocycles. The van der Waals surface area contributed by atoms with Crippen LogP contribution < -0.4 is 0 Å². The molecule has 0 spiro atoms. The number of aromatic nitrogens is 2. The van der Waals surface area contributed by atoms with E-state index in [0.29, 0.717) is 28.9 Å². The maximum absolute atomic E-state index is 11.4. The molecule has 8 heteroatoms. The third kappa shape index (κ3) is 3.78. The van der Waals surface area contributed by atoms with E-state index < -0.39 is 9.84 Å². The van der Waals surface area contributed by atoms with Gasteiger partial charge in [0.1, 0.15) is 0 Å². The summed E-state index contributed by atoms with van der Waals surface area (Å²) >= 11 is 7.48. The molecule has 3 rings (SSSR count). The van der Waals surface area contributed by atoms with Crippen LogP contribution in [0.15, 0.2) is 28.8 Å². The first kappa shape index (κ1) is 14.9. The smallest absolute Gasteiger partial charge is 0.236 e. The van der Waals surface area contributed by atoms with E-state index in [-0.39, 0.29) is 16.8 Å². The first-order valence-corrected chi connectivity index (χ1v) is 9.67. The Hall–Kier alpha value is -1.05. The van der Waals surface area contributed by atoms with Gasteiger partial charge in [-0.25, -0.2) is 8.42 Å². The molecule has 1 aromatic carbocycles. The Morgan fingerprint density at radius 1 is 1.43 bits per heavy atom. The van der Waals surface area contributed by atoms with Crippen molar-refractivity contribution >= 4 is 33.2 Å². The number of halogens is 1. The maximum atomic E-state index is 11.4. The van der Waals surface area contributed by atoms with E-state index in [1.165, 1.54) is 0 Å². The van der Waals surface area contributed by atoms with Crippen LogP contribution in [0.1, 0.15) is 12.3 Å². The van der Waals surface area contributed by atoms with Crippen LogP contribution in [0.5, 0.6) is 0 Å². The van der Waals surface area contributed by atoms with Gasteiger partial charge < -0.3 is 4.52 Å². The Morgan fingerprint density at radius 3 is 3.00 bits per heavy atom. The van der Waals surface area contributed by atoms with Gasteiger partial charge in [-0.15, -0.1) is 11.8 Å². The van der Waals surface area contributed by atoms with E-state index in [1.807, 2.05) is 12.1 Å². The van der Waals surface area contributed by atoms with Crippen LogP contribution in [-0.4, -0.2) is 35.3 Å². The van der Waals surface area contributed by atoms with E-state index in [1.54, 1.807) is 23.9 Å². The van der Waals surface area contributed by atoms with Crippen LogP contribution in [0.25, 0.3) is 11.4 Å². The number of thioether (sulfide) groups is 1. The molecule has 1 fully saturated rings. The zero-order valence-corrected chi connectivity index (χ0v) is 13.4. The van der Waals surface area contributed by atoms with Crippen LogP contribution >= 0.6 is 23.4 Å². The second-order valence-corrected chi connectivity index (χ2v) is 8.81. The van der Waals surface area contributed by atoms with Crippen molar-refractivity contribution in [3.8, 4) is 11.4 Å². The lowest BCUT2D eigenvalue weighted by Crippen LogP contribution is -2.06. The minimum atomic E-state index is -2.84. The van der Waals surface area contributed by atoms with Crippen LogP contribution in [0.4, 0.5) is 0 Å². The topological polar surface area (TPSA) is 73.1 Å². The highest BCUT2D eigenvalue weighted by atomic mass is 35.5. The van der Waals surface area contributed by atoms with Crippen molar-refractivity contribution < 1.29 is 12.9 Å². The number of benzene rings is 1. The number of hydrogen-bond acceptors (Lipinski definition) is 6. The van der Waals surface area contributed by atoms with E-state index in [2.05, 4.69) is 10.1 Å². The first-order chi connectivity index (χ1) is 10.0. The molecular formula is C13H13ClN2O3S2. The molecule has 0 bridgehead atoms. The third-order valence-corrected chi connectivity index (χ3v) is 6.69. The van der Waals surface area contributed by atoms with Crippen LogP contribution in [0, 0.1) is 0 Å². The Bertz CT molecular complexity index is 745. The van der Waals surface area contributed by atoms with Gasteiger partial charge in [0.15, 0.2) is 9.84 Å². The molecular weight excluding hydrogens is 332 g/mol. The quantitative estimate of drug-likeness (QED) is 0.849. The lowest BCUT2D eigenvalue weighted by atomic mass is 10.2. The SMILES string of the molecule is O=S1(=O)CCC(SCc2nc(-c3cccc(Cl)c3)no2)C1. The average molecular weight is 345 g/mol. The standard InChI is InChI=1S/C13H13ClN2O3S2/c14-10-3-1-2-9(6-10)13-15-12(19-16-13)7-20-11-4-5-21(17,18)8-11/h1-3,6,11H,4-5,7-8H2. The zero-order valence-electron chi connectivity index (χ0n) is 11.0. The highest BCUT2D eigenvalue weighted by Gasteiger charge is 2.28. The molecule has 2 heterocycles. The summed E-state index contributed by atoms with van der Waals surface area (Å²) in [6.45, 7) is 0. The first-order valence-electron chi connectivity index (χ1n) is 6.42. The fraction of sp³-hybridized carbons (Fsp3) is 0.385. The predicted molar refractivity (Wildman–Crippen MR) is 83.1 cm³/mol. The molecule has 1 saturated heterocycles. The van der Waals surface area contributed by atoms with Crippen molar-refractivity contribution in [2.75, 3.05) is 11.5 Å². The van der Waals surface area contributed by atoms with Gasteiger partial charge in [0.25, 0.3) is 0 Å². The summed E-state index contributed by atoms with van der Waals surface area (Å²) in [6.07, 6.45) is 0.697. The maximum Gasteiger partial charge on any atom is 0.236 e. The molecule has 112 valence electrons. The van der Waals surface area contributed by atoms with Crippen LogP contribution in [0.3, 0.4) is 0 Å². The van der Waals surface area contributed by atoms with Gasteiger partial charge in [-0.2, -0.15) is 4.98 Å². The predicted octanol–water partition coefficient (Wildman–Crippen LogP) is 2.81. The van der Waals surface area contributed by atoms with Crippen LogP contribution in [0.2, 0.25) is 5.02 Å². The molecule has 1 aliphatic rings. The normalized spacial score (nSPS) is 20.7. The van der Waals surface area contributed by atoms with E-state index in [4.69, 9.17) is 16.1 Å². The Morgan fingerprint density at radius 2 is 2.29 bits per heavy atom. The highest BCUT2D eigenvalue weighted by molar-refractivity contribution is 8.01. The van der Waals surface area contributed by atoms with Gasteiger partial charge >= 0.3 is 0 Å². The molecule has 1 aromatic heterocycles. The summed E-state index contributed by atoms with van der Waals surface area (Å²) in [5.41, 5.74) is 0.797. The minimum Gasteiger partial charge on any atom is -0.338 e. The van der Waals surface area contributed by atoms with Crippen molar-refractivity contribution in [3.05, 3.63) is 35.2 Å². The van der Waals surface area contributed by atoms with Gasteiger partial charge in [0.05, 0.1) is 17.3 Å². The second kappa shape index (κ2) is 5.98. The van der Waals surface area contributed by atoms with Gasteiger partial charge in [-0.1, -0.05) is 28.9 Å². The summed E-state index contributed by atoms with van der Waals surface area (Å²) in [4.78, 5) is 4.31.